The number of benzene rings is 8. The number of hydrogen-bond acceptors (Lipinski definition) is 10. The molecule has 8 aromatic carbocycles. The second kappa shape index (κ2) is 17.7. The lowest BCUT2D eigenvalue weighted by Crippen LogP contribution is -2.41. The van der Waals surface area contributed by atoms with Crippen LogP contribution < -0.4 is 5.46 Å². The summed E-state index contributed by atoms with van der Waals surface area (Å²) in [7, 11) is -1.50. The molecule has 0 aliphatic carbocycles. The molecule has 0 spiro atoms. The molecule has 3 fully saturated rings. The molecule has 0 bridgehead atoms. The minimum atomic E-state index is -0.549. The second-order valence-corrected chi connectivity index (χ2v) is 24.4. The van der Waals surface area contributed by atoms with E-state index in [9.17, 15) is 0 Å². The topological polar surface area (TPSA) is 108 Å². The fraction of sp³-hybridized carbons (Fsp3) is 0.290. The van der Waals surface area contributed by atoms with Crippen LogP contribution in [-0.2, 0) is 27.9 Å². The Hall–Kier alpha value is -6.16. The first-order valence-corrected chi connectivity index (χ1v) is 26.9. The van der Waals surface area contributed by atoms with Crippen LogP contribution in [0.5, 0.6) is 0 Å². The van der Waals surface area contributed by atoms with Crippen LogP contribution in [0.1, 0.15) is 83.1 Å². The van der Waals surface area contributed by atoms with E-state index in [4.69, 9.17) is 45.6 Å². The molecule has 0 saturated carbocycles. The van der Waals surface area contributed by atoms with E-state index in [1.54, 1.807) is 0 Å². The van der Waals surface area contributed by atoms with E-state index < -0.39 is 32.3 Å². The average Bonchev–Trinajstić information content (AvgIpc) is 4.25. The Morgan fingerprint density at radius 1 is 0.325 bits per heavy atom. The van der Waals surface area contributed by atoms with Gasteiger partial charge in [0.25, 0.3) is 0 Å². The molecule has 3 saturated heterocycles. The predicted molar refractivity (Wildman–Crippen MR) is 315 cm³/mol. The van der Waals surface area contributed by atoms with Crippen molar-refractivity contribution in [1.29, 1.82) is 0 Å². The molecule has 10 nitrogen and oxygen atoms in total. The van der Waals surface area contributed by atoms with Gasteiger partial charge in [0.1, 0.15) is 44.7 Å². The standard InChI is InChI=1S/C28H23BO4.C22H11BrO2.C12H24B2O4.FH/c1-27(2)28(3,4)33-29(32-27)19-15-22-25(24-18-11-7-8-12-20(18)31-26(19)24)23-17-10-6-5-9-16(17)13-14-21(23)30-22;23-15-11-18-21(20-14-7-3-4-8-16(14)25-22(15)20)19-13-6-2-1-5-12(13)9-10-17(19)24-18;1-9(2)10(3,4)16-13(15-9)14-17-11(5,6)12(7,8)18-14;/h5-15H,1-4H3;1-11H;1-8H3;1H. The summed E-state index contributed by atoms with van der Waals surface area (Å²) in [6.07, 6.45) is 0. The normalized spacial score (nSPS) is 19.1. The van der Waals surface area contributed by atoms with E-state index in [1.807, 2.05) is 104 Å². The van der Waals surface area contributed by atoms with Crippen molar-refractivity contribution in [3.05, 3.63) is 138 Å². The summed E-state index contributed by atoms with van der Waals surface area (Å²) in [6.45, 7) is 24.5. The van der Waals surface area contributed by atoms with Gasteiger partial charge >= 0.3 is 21.1 Å². The highest BCUT2D eigenvalue weighted by Gasteiger charge is 2.64. The summed E-state index contributed by atoms with van der Waals surface area (Å²) in [4.78, 5) is 0. The molecule has 0 radical (unpaired) electrons. The number of fused-ring (bicyclic) bond motifs is 18. The average molecular weight is 1100 g/mol. The van der Waals surface area contributed by atoms with Gasteiger partial charge in [-0.1, -0.05) is 97.1 Å². The Bertz CT molecular complexity index is 4260. The van der Waals surface area contributed by atoms with E-state index in [0.717, 1.165) is 97.7 Å². The van der Waals surface area contributed by atoms with Gasteiger partial charge < -0.3 is 45.6 Å². The molecule has 0 amide bonds. The van der Waals surface area contributed by atoms with Crippen molar-refractivity contribution in [2.45, 2.75) is 117 Å². The van der Waals surface area contributed by atoms with Gasteiger partial charge in [0, 0.05) is 48.6 Å². The predicted octanol–water partition coefficient (Wildman–Crippen LogP) is 16.7. The lowest BCUT2D eigenvalue weighted by atomic mass is 9.49. The fourth-order valence-electron chi connectivity index (χ4n) is 11.0. The van der Waals surface area contributed by atoms with Crippen molar-refractivity contribution in [1.82, 2.24) is 0 Å². The third-order valence-corrected chi connectivity index (χ3v) is 17.8. The summed E-state index contributed by atoms with van der Waals surface area (Å²) in [6, 6.07) is 45.6. The lowest BCUT2D eigenvalue weighted by Gasteiger charge is -2.32. The highest BCUT2D eigenvalue weighted by Crippen LogP contribution is 2.48. The summed E-state index contributed by atoms with van der Waals surface area (Å²) >= 11 is 3.65. The molecule has 390 valence electrons. The van der Waals surface area contributed by atoms with Crippen LogP contribution in [0.15, 0.2) is 156 Å². The van der Waals surface area contributed by atoms with E-state index in [2.05, 4.69) is 129 Å². The van der Waals surface area contributed by atoms with E-state index in [0.29, 0.717) is 0 Å². The molecular formula is C62H59B3BrFO10. The van der Waals surface area contributed by atoms with Crippen molar-refractivity contribution in [3.63, 3.8) is 0 Å². The number of halogens is 2. The molecule has 3 aliphatic heterocycles. The summed E-state index contributed by atoms with van der Waals surface area (Å²) in [5.41, 5.74) is 5.35. The molecule has 0 N–H and O–H groups in total. The summed E-state index contributed by atoms with van der Waals surface area (Å²) in [5.74, 6) is 0. The van der Waals surface area contributed by atoms with Gasteiger partial charge in [-0.05, 0) is 157 Å². The lowest BCUT2D eigenvalue weighted by molar-refractivity contribution is 0.00578. The minimum Gasteiger partial charge on any atom is -0.456 e. The smallest absolute Gasteiger partial charge is 0.456 e. The van der Waals surface area contributed by atoms with Gasteiger partial charge in [0.05, 0.1) is 38.1 Å². The van der Waals surface area contributed by atoms with Crippen LogP contribution in [0.3, 0.4) is 0 Å². The van der Waals surface area contributed by atoms with Crippen LogP contribution in [0.4, 0.5) is 4.70 Å². The van der Waals surface area contributed by atoms with E-state index in [1.165, 1.54) is 21.5 Å². The molecule has 3 aliphatic rings. The van der Waals surface area contributed by atoms with Crippen LogP contribution in [-0.4, -0.2) is 54.7 Å². The first-order chi connectivity index (χ1) is 36.0. The molecule has 77 heavy (non-hydrogen) atoms. The number of hydrogen-bond donors (Lipinski definition) is 0. The third-order valence-electron chi connectivity index (χ3n) is 17.2. The van der Waals surface area contributed by atoms with Crippen LogP contribution in [0.25, 0.3) is 109 Å². The Morgan fingerprint density at radius 2 is 0.688 bits per heavy atom. The van der Waals surface area contributed by atoms with Crippen LogP contribution in [0.2, 0.25) is 0 Å². The molecule has 15 heteroatoms. The van der Waals surface area contributed by atoms with Crippen molar-refractivity contribution in [3.8, 4) is 0 Å². The molecule has 0 unspecified atom stereocenters. The van der Waals surface area contributed by atoms with Gasteiger partial charge in [-0.2, -0.15) is 0 Å². The molecule has 7 heterocycles. The quantitative estimate of drug-likeness (QED) is 0.155. The Balaban J connectivity index is 0.000000121. The monoisotopic (exact) mass is 1090 g/mol. The van der Waals surface area contributed by atoms with E-state index in [-0.39, 0.29) is 27.1 Å². The minimum absolute atomic E-state index is 0. The number of para-hydroxylation sites is 2. The maximum atomic E-state index is 6.47. The van der Waals surface area contributed by atoms with Gasteiger partial charge in [0.15, 0.2) is 0 Å². The molecule has 4 aromatic heterocycles. The SMILES string of the molecule is Brc1cc2oc3ccc4ccccc4c3c2c2c1oc1ccccc12.CC1(C)OB(B2OC(C)(C)C(C)(C)O2)OC1(C)C.CC1(C)OB(c2cc3oc4ccc5ccccc5c4c3c3c2oc2ccccc23)OC1(C)C.F. The summed E-state index contributed by atoms with van der Waals surface area (Å²) < 4.78 is 62.8. The maximum Gasteiger partial charge on any atom is 0.498 e. The molecule has 15 rings (SSSR count). The maximum absolute atomic E-state index is 6.47. The zero-order valence-corrected chi connectivity index (χ0v) is 46.9. The molecule has 0 atom stereocenters. The fourth-order valence-corrected chi connectivity index (χ4v) is 11.5. The Kier molecular flexibility index (Phi) is 11.8. The molecular weight excluding hydrogens is 1040 g/mol. The largest absolute Gasteiger partial charge is 0.498 e. The van der Waals surface area contributed by atoms with Crippen LogP contribution >= 0.6 is 15.9 Å². The Labute approximate surface area is 454 Å². The third kappa shape index (κ3) is 7.97. The highest BCUT2D eigenvalue weighted by molar-refractivity contribution is 9.10. The van der Waals surface area contributed by atoms with Crippen LogP contribution in [0, 0.1) is 0 Å². The van der Waals surface area contributed by atoms with Gasteiger partial charge in [0.2, 0.25) is 0 Å². The van der Waals surface area contributed by atoms with Gasteiger partial charge in [-0.3, -0.25) is 4.70 Å². The first kappa shape index (κ1) is 51.6. The van der Waals surface area contributed by atoms with Gasteiger partial charge in [-0.25, -0.2) is 0 Å². The highest BCUT2D eigenvalue weighted by atomic mass is 79.9. The van der Waals surface area contributed by atoms with Crippen molar-refractivity contribution in [2.24, 2.45) is 0 Å². The van der Waals surface area contributed by atoms with E-state index >= 15 is 0 Å². The number of furan rings is 4. The zero-order valence-electron chi connectivity index (χ0n) is 45.3. The zero-order chi connectivity index (χ0) is 53.1. The molecule has 12 aromatic rings. The summed E-state index contributed by atoms with van der Waals surface area (Å²) in [5, 5.41) is 13.5. The van der Waals surface area contributed by atoms with Crippen molar-refractivity contribution in [2.75, 3.05) is 0 Å². The second-order valence-electron chi connectivity index (χ2n) is 23.5. The Morgan fingerprint density at radius 3 is 1.14 bits per heavy atom. The number of rotatable bonds is 2. The van der Waals surface area contributed by atoms with Crippen molar-refractivity contribution >= 4 is 152 Å². The van der Waals surface area contributed by atoms with Crippen molar-refractivity contribution < 1.29 is 50.3 Å². The van der Waals surface area contributed by atoms with Gasteiger partial charge in [-0.15, -0.1) is 0 Å². The first-order valence-electron chi connectivity index (χ1n) is 26.1.